The molecule has 2 fully saturated rings. The second kappa shape index (κ2) is 7.36. The summed E-state index contributed by atoms with van der Waals surface area (Å²) in [5.74, 6) is 1.72. The van der Waals surface area contributed by atoms with E-state index in [1.807, 2.05) is 19.9 Å². The molecule has 2 aromatic carbocycles. The molecule has 2 saturated heterocycles. The van der Waals surface area contributed by atoms with E-state index in [0.29, 0.717) is 30.2 Å². The van der Waals surface area contributed by atoms with Gasteiger partial charge in [-0.05, 0) is 67.1 Å². The van der Waals surface area contributed by atoms with E-state index in [9.17, 15) is 4.79 Å². The average Bonchev–Trinajstić information content (AvgIpc) is 2.93. The Labute approximate surface area is 168 Å². The van der Waals surface area contributed by atoms with Crippen LogP contribution in [0.15, 0.2) is 36.9 Å². The maximum atomic E-state index is 12.9. The van der Waals surface area contributed by atoms with Crippen molar-refractivity contribution < 1.29 is 9.53 Å². The van der Waals surface area contributed by atoms with Crippen molar-refractivity contribution in [2.24, 2.45) is 5.92 Å². The smallest absolute Gasteiger partial charge is 0.137 e. The number of carbonyl (C=O) groups excluding carboxylic acids is 1. The Hall–Kier alpha value is -2.13. The van der Waals surface area contributed by atoms with Gasteiger partial charge in [0.1, 0.15) is 11.5 Å². The molecular formula is C25H31NO2. The highest BCUT2D eigenvalue weighted by molar-refractivity contribution is 5.96. The van der Waals surface area contributed by atoms with Crippen LogP contribution in [0.25, 0.3) is 16.3 Å². The number of piperidine rings is 1. The van der Waals surface area contributed by atoms with Crippen LogP contribution in [0.4, 0.5) is 0 Å². The zero-order valence-electron chi connectivity index (χ0n) is 17.5. The first-order valence-electron chi connectivity index (χ1n) is 10.5. The molecule has 0 unspecified atom stereocenters. The minimum Gasteiger partial charge on any atom is -0.496 e. The first-order chi connectivity index (χ1) is 13.5. The Balaban J connectivity index is 1.80. The second-order valence-corrected chi connectivity index (χ2v) is 8.56. The van der Waals surface area contributed by atoms with Gasteiger partial charge in [0.15, 0.2) is 0 Å². The first-order valence-corrected chi connectivity index (χ1v) is 10.5. The number of benzene rings is 2. The molecule has 2 heterocycles. The third-order valence-electron chi connectivity index (χ3n) is 7.07. The molecule has 0 aliphatic carbocycles. The maximum Gasteiger partial charge on any atom is 0.137 e. The number of hydrogen-bond donors (Lipinski definition) is 0. The summed E-state index contributed by atoms with van der Waals surface area (Å²) in [6.45, 7) is 8.18. The third kappa shape index (κ3) is 2.97. The van der Waals surface area contributed by atoms with Crippen LogP contribution in [0.3, 0.4) is 0 Å². The van der Waals surface area contributed by atoms with Crippen LogP contribution in [0.1, 0.15) is 56.6 Å². The van der Waals surface area contributed by atoms with Crippen molar-refractivity contribution in [3.8, 4) is 5.75 Å². The third-order valence-corrected chi connectivity index (χ3v) is 7.07. The van der Waals surface area contributed by atoms with Crippen LogP contribution in [0.2, 0.25) is 0 Å². The average molecular weight is 378 g/mol. The number of nitrogens with zero attached hydrogens (tertiary/aromatic N) is 1. The van der Waals surface area contributed by atoms with E-state index in [-0.39, 0.29) is 5.92 Å². The Bertz CT molecular complexity index is 932. The molecule has 4 rings (SSSR count). The van der Waals surface area contributed by atoms with Gasteiger partial charge < -0.3 is 4.74 Å². The molecular weight excluding hydrogens is 346 g/mol. The number of ether oxygens (including phenoxy) is 1. The van der Waals surface area contributed by atoms with Crippen LogP contribution in [0.5, 0.6) is 5.75 Å². The lowest BCUT2D eigenvalue weighted by Crippen LogP contribution is -2.48. The van der Waals surface area contributed by atoms with Crippen molar-refractivity contribution >= 4 is 22.1 Å². The Morgan fingerprint density at radius 3 is 2.71 bits per heavy atom. The van der Waals surface area contributed by atoms with Gasteiger partial charge in [-0.2, -0.15) is 0 Å². The van der Waals surface area contributed by atoms with E-state index in [0.717, 1.165) is 29.7 Å². The van der Waals surface area contributed by atoms with Gasteiger partial charge in [-0.15, -0.1) is 0 Å². The quantitative estimate of drug-likeness (QED) is 0.696. The molecule has 2 bridgehead atoms. The monoisotopic (exact) mass is 377 g/mol. The number of rotatable bonds is 5. The highest BCUT2D eigenvalue weighted by atomic mass is 16.5. The van der Waals surface area contributed by atoms with Gasteiger partial charge in [-0.1, -0.05) is 37.8 Å². The van der Waals surface area contributed by atoms with Gasteiger partial charge >= 0.3 is 0 Å². The van der Waals surface area contributed by atoms with Crippen molar-refractivity contribution in [1.29, 1.82) is 0 Å². The van der Waals surface area contributed by atoms with E-state index >= 15 is 0 Å². The molecule has 3 nitrogen and oxygen atoms in total. The highest BCUT2D eigenvalue weighted by Gasteiger charge is 2.48. The van der Waals surface area contributed by atoms with Crippen LogP contribution in [-0.2, 0) is 4.79 Å². The molecule has 0 aromatic heterocycles. The number of fused-ring (bicyclic) bond motifs is 3. The Morgan fingerprint density at radius 1 is 1.25 bits per heavy atom. The normalized spacial score (nSPS) is 27.1. The van der Waals surface area contributed by atoms with Gasteiger partial charge in [-0.25, -0.2) is 0 Å². The first kappa shape index (κ1) is 19.2. The van der Waals surface area contributed by atoms with Crippen LogP contribution in [-0.4, -0.2) is 36.9 Å². The fourth-order valence-corrected chi connectivity index (χ4v) is 5.65. The maximum absolute atomic E-state index is 12.9. The molecule has 28 heavy (non-hydrogen) atoms. The van der Waals surface area contributed by atoms with E-state index in [1.54, 1.807) is 7.11 Å². The lowest BCUT2D eigenvalue weighted by Gasteiger charge is -2.42. The van der Waals surface area contributed by atoms with Gasteiger partial charge in [0.05, 0.1) is 7.11 Å². The van der Waals surface area contributed by atoms with Crippen LogP contribution in [0, 0.1) is 5.92 Å². The fraction of sp³-hybridized carbons (Fsp3) is 0.480. The molecule has 0 saturated carbocycles. The summed E-state index contributed by atoms with van der Waals surface area (Å²) in [6.07, 6.45) is 4.08. The number of carbonyl (C=O) groups is 1. The van der Waals surface area contributed by atoms with Gasteiger partial charge in [0.25, 0.3) is 0 Å². The number of Topliss-reactive ketones (excluding diaryl/α,β-unsaturated/α-hetero) is 1. The largest absolute Gasteiger partial charge is 0.496 e. The fourth-order valence-electron chi connectivity index (χ4n) is 5.65. The molecule has 3 heteroatoms. The number of methoxy groups -OCH3 is 1. The summed E-state index contributed by atoms with van der Waals surface area (Å²) in [5.41, 5.74) is 3.39. The molecule has 148 valence electrons. The van der Waals surface area contributed by atoms with Gasteiger partial charge in [0, 0.05) is 30.0 Å². The van der Waals surface area contributed by atoms with Crippen molar-refractivity contribution in [3.63, 3.8) is 0 Å². The van der Waals surface area contributed by atoms with Crippen molar-refractivity contribution in [1.82, 2.24) is 4.90 Å². The topological polar surface area (TPSA) is 29.5 Å². The standard InChI is InChI=1S/C25H31NO2/c1-6-22(27)25-20(14-18-9-11-21(25)26(18)4)17-7-10-19-16(13-17)8-12-23(28-5)24(19)15(2)3/h7-8,10,12-13,18,20-21,25H,2,6,9,11,14H2,1,3-5H3/t18-,20+,21+,25-/m0/s1. The Kier molecular flexibility index (Phi) is 5.05. The molecule has 0 radical (unpaired) electrons. The van der Waals surface area contributed by atoms with Crippen LogP contribution < -0.4 is 4.74 Å². The highest BCUT2D eigenvalue weighted by Crippen LogP contribution is 2.47. The molecule has 0 spiro atoms. The summed E-state index contributed by atoms with van der Waals surface area (Å²) in [7, 11) is 3.91. The van der Waals surface area contributed by atoms with E-state index in [4.69, 9.17) is 4.74 Å². The molecule has 2 aromatic rings. The summed E-state index contributed by atoms with van der Waals surface area (Å²) in [5, 5.41) is 2.37. The summed E-state index contributed by atoms with van der Waals surface area (Å²) >= 11 is 0. The SMILES string of the molecule is C=C(C)c1c(OC)ccc2cc([C@H]3C[C@@H]4CC[C@H]([C@H]3C(=O)CC)N4C)ccc12. The van der Waals surface area contributed by atoms with Crippen LogP contribution >= 0.6 is 0 Å². The minimum absolute atomic E-state index is 0.116. The summed E-state index contributed by atoms with van der Waals surface area (Å²) in [4.78, 5) is 15.4. The summed E-state index contributed by atoms with van der Waals surface area (Å²) in [6, 6.07) is 11.9. The number of ketones is 1. The second-order valence-electron chi connectivity index (χ2n) is 8.56. The molecule has 0 N–H and O–H groups in total. The molecule has 4 atom stereocenters. The minimum atomic E-state index is 0.116. The molecule has 2 aliphatic rings. The zero-order chi connectivity index (χ0) is 20.0. The van der Waals surface area contributed by atoms with Crippen molar-refractivity contribution in [3.05, 3.63) is 48.0 Å². The van der Waals surface area contributed by atoms with Gasteiger partial charge in [-0.3, -0.25) is 9.69 Å². The summed E-state index contributed by atoms with van der Waals surface area (Å²) < 4.78 is 5.56. The Morgan fingerprint density at radius 2 is 2.04 bits per heavy atom. The van der Waals surface area contributed by atoms with E-state index in [2.05, 4.69) is 42.8 Å². The molecule has 0 amide bonds. The number of hydrogen-bond acceptors (Lipinski definition) is 3. The number of allylic oxidation sites excluding steroid dienone is 1. The van der Waals surface area contributed by atoms with Gasteiger partial charge in [0.2, 0.25) is 0 Å². The predicted octanol–water partition coefficient (Wildman–Crippen LogP) is 5.43. The predicted molar refractivity (Wildman–Crippen MR) is 116 cm³/mol. The van der Waals surface area contributed by atoms with Crippen molar-refractivity contribution in [2.75, 3.05) is 14.2 Å². The van der Waals surface area contributed by atoms with E-state index < -0.39 is 0 Å². The van der Waals surface area contributed by atoms with Crippen molar-refractivity contribution in [2.45, 2.75) is 57.5 Å². The zero-order valence-corrected chi connectivity index (χ0v) is 17.5. The lowest BCUT2D eigenvalue weighted by molar-refractivity contribution is -0.126. The lowest BCUT2D eigenvalue weighted by atomic mass is 9.73. The van der Waals surface area contributed by atoms with E-state index in [1.165, 1.54) is 22.8 Å². The molecule has 2 aliphatic heterocycles.